The predicted molar refractivity (Wildman–Crippen MR) is 79.8 cm³/mol. The topological polar surface area (TPSA) is 55.5 Å². The highest BCUT2D eigenvalue weighted by Crippen LogP contribution is 2.34. The lowest BCUT2D eigenvalue weighted by Gasteiger charge is -2.04. The van der Waals surface area contributed by atoms with Gasteiger partial charge in [0.2, 0.25) is 0 Å². The van der Waals surface area contributed by atoms with Gasteiger partial charge in [-0.2, -0.15) is 0 Å². The molecule has 0 radical (unpaired) electrons. The van der Waals surface area contributed by atoms with Crippen molar-refractivity contribution in [2.75, 3.05) is 7.11 Å². The molecule has 5 heteroatoms. The fraction of sp³-hybridized carbons (Fsp3) is 0.118. The fourth-order valence-electron chi connectivity index (χ4n) is 2.31. The zero-order valence-corrected chi connectivity index (χ0v) is 11.9. The number of methoxy groups -OCH3 is 1. The van der Waals surface area contributed by atoms with Crippen LogP contribution in [0, 0.1) is 5.82 Å². The van der Waals surface area contributed by atoms with Crippen LogP contribution in [0.5, 0.6) is 5.75 Å². The van der Waals surface area contributed by atoms with E-state index >= 15 is 0 Å². The molecule has 4 nitrogen and oxygen atoms in total. The van der Waals surface area contributed by atoms with E-state index in [0.717, 1.165) is 5.56 Å². The van der Waals surface area contributed by atoms with Gasteiger partial charge in [-0.25, -0.2) is 4.39 Å². The van der Waals surface area contributed by atoms with Crippen molar-refractivity contribution in [1.29, 1.82) is 0 Å². The highest BCUT2D eigenvalue weighted by Gasteiger charge is 2.20. The molecule has 1 N–H and O–H groups in total. The molecule has 0 aliphatic rings. The predicted octanol–water partition coefficient (Wildman–Crippen LogP) is 3.65. The van der Waals surface area contributed by atoms with Gasteiger partial charge in [-0.3, -0.25) is 0 Å². The minimum Gasteiger partial charge on any atom is -0.497 e. The Morgan fingerprint density at radius 3 is 2.73 bits per heavy atom. The van der Waals surface area contributed by atoms with Gasteiger partial charge in [0.15, 0.2) is 5.76 Å². The average Bonchev–Trinajstić information content (AvgIpc) is 2.99. The number of hydrogen-bond donors (Lipinski definition) is 1. The Labute approximate surface area is 126 Å². The zero-order valence-electron chi connectivity index (χ0n) is 11.9. The third-order valence-electron chi connectivity index (χ3n) is 3.41. The first-order valence-electron chi connectivity index (χ1n) is 6.73. The molecule has 0 saturated heterocycles. The van der Waals surface area contributed by atoms with Crippen LogP contribution in [-0.4, -0.2) is 17.4 Å². The van der Waals surface area contributed by atoms with Crippen molar-refractivity contribution in [3.8, 4) is 28.3 Å². The Morgan fingerprint density at radius 1 is 1.18 bits per heavy atom. The van der Waals surface area contributed by atoms with Crippen LogP contribution in [0.2, 0.25) is 0 Å². The number of benzene rings is 2. The summed E-state index contributed by atoms with van der Waals surface area (Å²) in [6, 6.07) is 13.4. The van der Waals surface area contributed by atoms with Crippen LogP contribution in [0.3, 0.4) is 0 Å². The van der Waals surface area contributed by atoms with E-state index in [1.54, 1.807) is 37.4 Å². The largest absolute Gasteiger partial charge is 0.497 e. The number of nitrogens with zero attached hydrogens (tertiary/aromatic N) is 1. The van der Waals surface area contributed by atoms with Crippen LogP contribution >= 0.6 is 0 Å². The lowest BCUT2D eigenvalue weighted by atomic mass is 10.0. The number of rotatable bonds is 4. The van der Waals surface area contributed by atoms with Crippen molar-refractivity contribution in [2.45, 2.75) is 6.61 Å². The van der Waals surface area contributed by atoms with Crippen molar-refractivity contribution >= 4 is 0 Å². The molecule has 0 fully saturated rings. The summed E-state index contributed by atoms with van der Waals surface area (Å²) in [5, 5.41) is 13.7. The smallest absolute Gasteiger partial charge is 0.175 e. The van der Waals surface area contributed by atoms with Crippen molar-refractivity contribution in [2.24, 2.45) is 0 Å². The second kappa shape index (κ2) is 5.99. The first kappa shape index (κ1) is 14.3. The standard InChI is InChI=1S/C17H14FNO3/c1-21-12-6-4-5-11(9-12)16-14(10-20)17(22-19-16)13-7-2-3-8-15(13)18/h2-9,20H,10H2,1H3. The minimum atomic E-state index is -0.425. The van der Waals surface area contributed by atoms with Gasteiger partial charge in [-0.15, -0.1) is 0 Å². The monoisotopic (exact) mass is 299 g/mol. The van der Waals surface area contributed by atoms with Crippen molar-refractivity contribution < 1.29 is 18.8 Å². The van der Waals surface area contributed by atoms with E-state index in [0.29, 0.717) is 17.0 Å². The van der Waals surface area contributed by atoms with Gasteiger partial charge in [0, 0.05) is 5.56 Å². The normalized spacial score (nSPS) is 10.7. The van der Waals surface area contributed by atoms with Gasteiger partial charge >= 0.3 is 0 Å². The van der Waals surface area contributed by atoms with Crippen LogP contribution in [0.4, 0.5) is 4.39 Å². The average molecular weight is 299 g/mol. The van der Waals surface area contributed by atoms with Crippen LogP contribution in [0.25, 0.3) is 22.6 Å². The molecule has 3 rings (SSSR count). The lowest BCUT2D eigenvalue weighted by molar-refractivity contribution is 0.281. The zero-order chi connectivity index (χ0) is 15.5. The summed E-state index contributed by atoms with van der Waals surface area (Å²) < 4.78 is 24.4. The molecule has 0 bridgehead atoms. The Morgan fingerprint density at radius 2 is 2.00 bits per heavy atom. The number of aliphatic hydroxyl groups is 1. The van der Waals surface area contributed by atoms with Gasteiger partial charge in [0.25, 0.3) is 0 Å². The molecule has 3 aromatic rings. The van der Waals surface area contributed by atoms with Crippen LogP contribution in [0.15, 0.2) is 53.1 Å². The van der Waals surface area contributed by atoms with Gasteiger partial charge in [0.05, 0.1) is 24.8 Å². The molecule has 0 aliphatic carbocycles. The lowest BCUT2D eigenvalue weighted by Crippen LogP contribution is -1.91. The van der Waals surface area contributed by atoms with Gasteiger partial charge in [0.1, 0.15) is 17.3 Å². The molecule has 0 amide bonds. The Kier molecular flexibility index (Phi) is 3.89. The number of aliphatic hydroxyl groups excluding tert-OH is 1. The number of aromatic nitrogens is 1. The van der Waals surface area contributed by atoms with Crippen molar-refractivity contribution in [1.82, 2.24) is 5.16 Å². The maximum Gasteiger partial charge on any atom is 0.175 e. The highest BCUT2D eigenvalue weighted by molar-refractivity contribution is 5.73. The second-order valence-corrected chi connectivity index (χ2v) is 4.71. The Hall–Kier alpha value is -2.66. The molecule has 112 valence electrons. The SMILES string of the molecule is COc1cccc(-c2noc(-c3ccccc3F)c2CO)c1. The molecular weight excluding hydrogens is 285 g/mol. The van der Waals surface area contributed by atoms with Crippen LogP contribution < -0.4 is 4.74 Å². The molecular formula is C17H14FNO3. The molecule has 0 spiro atoms. The van der Waals surface area contributed by atoms with Crippen LogP contribution in [-0.2, 0) is 6.61 Å². The second-order valence-electron chi connectivity index (χ2n) is 4.71. The van der Waals surface area contributed by atoms with E-state index in [-0.39, 0.29) is 17.9 Å². The van der Waals surface area contributed by atoms with Gasteiger partial charge in [-0.05, 0) is 24.3 Å². The minimum absolute atomic E-state index is 0.235. The van der Waals surface area contributed by atoms with Gasteiger partial charge < -0.3 is 14.4 Å². The third kappa shape index (κ3) is 2.46. The molecule has 1 heterocycles. The quantitative estimate of drug-likeness (QED) is 0.799. The van der Waals surface area contributed by atoms with E-state index in [1.165, 1.54) is 6.07 Å². The van der Waals surface area contributed by atoms with E-state index in [1.807, 2.05) is 12.1 Å². The highest BCUT2D eigenvalue weighted by atomic mass is 19.1. The number of hydrogen-bond acceptors (Lipinski definition) is 4. The summed E-state index contributed by atoms with van der Waals surface area (Å²) >= 11 is 0. The van der Waals surface area contributed by atoms with E-state index in [2.05, 4.69) is 5.16 Å². The molecule has 0 atom stereocenters. The Balaban J connectivity index is 2.13. The van der Waals surface area contributed by atoms with Crippen molar-refractivity contribution in [3.63, 3.8) is 0 Å². The van der Waals surface area contributed by atoms with E-state index in [4.69, 9.17) is 9.26 Å². The molecule has 0 aliphatic heterocycles. The molecule has 2 aromatic carbocycles. The molecule has 0 saturated carbocycles. The number of halogens is 1. The summed E-state index contributed by atoms with van der Waals surface area (Å²) in [6.07, 6.45) is 0. The molecule has 1 aromatic heterocycles. The van der Waals surface area contributed by atoms with E-state index in [9.17, 15) is 9.50 Å². The summed E-state index contributed by atoms with van der Waals surface area (Å²) in [7, 11) is 1.57. The summed E-state index contributed by atoms with van der Waals surface area (Å²) in [6.45, 7) is -0.306. The Bertz CT molecular complexity index is 798. The summed E-state index contributed by atoms with van der Waals surface area (Å²) in [4.78, 5) is 0. The summed E-state index contributed by atoms with van der Waals surface area (Å²) in [5.74, 6) is 0.473. The van der Waals surface area contributed by atoms with Crippen LogP contribution in [0.1, 0.15) is 5.56 Å². The third-order valence-corrected chi connectivity index (χ3v) is 3.41. The van der Waals surface area contributed by atoms with E-state index < -0.39 is 5.82 Å². The van der Waals surface area contributed by atoms with Gasteiger partial charge in [-0.1, -0.05) is 29.4 Å². The maximum atomic E-state index is 13.9. The van der Waals surface area contributed by atoms with Crippen molar-refractivity contribution in [3.05, 3.63) is 59.9 Å². The summed E-state index contributed by atoms with van der Waals surface area (Å²) in [5.41, 5.74) is 1.92. The first-order valence-corrected chi connectivity index (χ1v) is 6.73. The fourth-order valence-corrected chi connectivity index (χ4v) is 2.31. The first-order chi connectivity index (χ1) is 10.7. The molecule has 0 unspecified atom stereocenters. The maximum absolute atomic E-state index is 13.9. The number of ether oxygens (including phenoxy) is 1. The molecule has 22 heavy (non-hydrogen) atoms.